The van der Waals surface area contributed by atoms with Crippen LogP contribution in [0.25, 0.3) is 0 Å². The lowest BCUT2D eigenvalue weighted by Crippen LogP contribution is -2.44. The molecular weight excluding hydrogens is 308 g/mol. The zero-order chi connectivity index (χ0) is 17.0. The van der Waals surface area contributed by atoms with Crippen molar-refractivity contribution in [2.24, 2.45) is 5.92 Å². The molecule has 5 heteroatoms. The van der Waals surface area contributed by atoms with E-state index in [1.54, 1.807) is 11.8 Å². The summed E-state index contributed by atoms with van der Waals surface area (Å²) in [5.41, 5.74) is 0.812. The Bertz CT molecular complexity index is 523. The van der Waals surface area contributed by atoms with Crippen LogP contribution >= 0.6 is 11.8 Å². The summed E-state index contributed by atoms with van der Waals surface area (Å²) in [4.78, 5) is 15.4. The minimum Gasteiger partial charge on any atom is -0.393 e. The Kier molecular flexibility index (Phi) is 5.98. The number of likely N-dealkylation sites (tertiary alicyclic amines) is 1. The van der Waals surface area contributed by atoms with Gasteiger partial charge in [0.15, 0.2) is 0 Å². The summed E-state index contributed by atoms with van der Waals surface area (Å²) < 4.78 is 0.175. The molecule has 0 aliphatic carbocycles. The molecule has 0 saturated carbocycles. The predicted molar refractivity (Wildman–Crippen MR) is 97.0 cm³/mol. The molecule has 2 N–H and O–H groups in total. The largest absolute Gasteiger partial charge is 0.393 e. The van der Waals surface area contributed by atoms with Crippen LogP contribution < -0.4 is 5.32 Å². The second kappa shape index (κ2) is 7.58. The average molecular weight is 337 g/mol. The molecule has 1 fully saturated rings. The summed E-state index contributed by atoms with van der Waals surface area (Å²) in [7, 11) is 0. The Balaban J connectivity index is 1.92. The molecule has 0 spiro atoms. The number of carbonyl (C=O) groups is 1. The summed E-state index contributed by atoms with van der Waals surface area (Å²) in [6.07, 6.45) is 1.57. The van der Waals surface area contributed by atoms with Gasteiger partial charge in [0, 0.05) is 34.3 Å². The lowest BCUT2D eigenvalue weighted by molar-refractivity contribution is 0.0766. The first-order valence-electron chi connectivity index (χ1n) is 8.28. The maximum absolute atomic E-state index is 12.4. The lowest BCUT2D eigenvalue weighted by atomic mass is 9.94. The van der Waals surface area contributed by atoms with Crippen molar-refractivity contribution in [1.82, 2.24) is 4.90 Å². The summed E-state index contributed by atoms with van der Waals surface area (Å²) in [6, 6.07) is 7.90. The molecule has 1 saturated heterocycles. The number of piperidine rings is 1. The van der Waals surface area contributed by atoms with Gasteiger partial charge in [-0.1, -0.05) is 20.8 Å². The van der Waals surface area contributed by atoms with Crippen LogP contribution in [0.2, 0.25) is 0 Å². The second-order valence-electron chi connectivity index (χ2n) is 7.26. The zero-order valence-electron chi connectivity index (χ0n) is 14.5. The van der Waals surface area contributed by atoms with Gasteiger partial charge in [-0.3, -0.25) is 0 Å². The Labute approximate surface area is 143 Å². The van der Waals surface area contributed by atoms with Gasteiger partial charge in [0.25, 0.3) is 0 Å². The summed E-state index contributed by atoms with van der Waals surface area (Å²) >= 11 is 1.81. The van der Waals surface area contributed by atoms with Gasteiger partial charge in [-0.2, -0.15) is 0 Å². The van der Waals surface area contributed by atoms with E-state index in [9.17, 15) is 9.90 Å². The third-order valence-electron chi connectivity index (χ3n) is 3.96. The Morgan fingerprint density at radius 1 is 1.35 bits per heavy atom. The van der Waals surface area contributed by atoms with E-state index in [0.717, 1.165) is 25.1 Å². The molecule has 128 valence electrons. The maximum Gasteiger partial charge on any atom is 0.321 e. The van der Waals surface area contributed by atoms with Crippen LogP contribution in [0.4, 0.5) is 10.5 Å². The summed E-state index contributed by atoms with van der Waals surface area (Å²) in [5.74, 6) is 0.181. The minimum atomic E-state index is -0.362. The first-order chi connectivity index (χ1) is 10.7. The normalized spacial score (nSPS) is 20.2. The van der Waals surface area contributed by atoms with Crippen LogP contribution in [0.3, 0.4) is 0 Å². The molecule has 2 amide bonds. The third-order valence-corrected chi connectivity index (χ3v) is 5.08. The van der Waals surface area contributed by atoms with Gasteiger partial charge in [-0.05, 0) is 44.0 Å². The van der Waals surface area contributed by atoms with E-state index in [1.807, 2.05) is 36.0 Å². The van der Waals surface area contributed by atoms with Crippen molar-refractivity contribution in [3.05, 3.63) is 24.3 Å². The van der Waals surface area contributed by atoms with Gasteiger partial charge in [-0.25, -0.2) is 4.79 Å². The molecule has 0 aromatic heterocycles. The van der Waals surface area contributed by atoms with Gasteiger partial charge in [0.1, 0.15) is 0 Å². The highest BCUT2D eigenvalue weighted by molar-refractivity contribution is 8.00. The minimum absolute atomic E-state index is 0.0772. The van der Waals surface area contributed by atoms with E-state index in [4.69, 9.17) is 0 Å². The van der Waals surface area contributed by atoms with E-state index in [1.165, 1.54) is 4.90 Å². The third kappa shape index (κ3) is 5.74. The molecule has 0 bridgehead atoms. The number of urea groups is 1. The number of hydrogen-bond donors (Lipinski definition) is 2. The van der Waals surface area contributed by atoms with Crippen molar-refractivity contribution in [2.45, 2.75) is 56.3 Å². The molecule has 4 nitrogen and oxygen atoms in total. The Morgan fingerprint density at radius 3 is 2.57 bits per heavy atom. The van der Waals surface area contributed by atoms with E-state index < -0.39 is 0 Å². The molecule has 1 aromatic rings. The summed E-state index contributed by atoms with van der Waals surface area (Å²) in [5, 5.41) is 12.7. The maximum atomic E-state index is 12.4. The van der Waals surface area contributed by atoms with Crippen LogP contribution in [-0.2, 0) is 0 Å². The van der Waals surface area contributed by atoms with Gasteiger partial charge in [-0.15, -0.1) is 11.8 Å². The molecule has 1 aromatic carbocycles. The quantitative estimate of drug-likeness (QED) is 0.813. The van der Waals surface area contributed by atoms with Crippen molar-refractivity contribution in [1.29, 1.82) is 0 Å². The van der Waals surface area contributed by atoms with Crippen LogP contribution in [0.15, 0.2) is 29.2 Å². The van der Waals surface area contributed by atoms with Crippen LogP contribution in [0, 0.1) is 5.92 Å². The summed E-state index contributed by atoms with van der Waals surface area (Å²) in [6.45, 7) is 9.74. The highest BCUT2D eigenvalue weighted by atomic mass is 32.2. The molecule has 2 rings (SSSR count). The topological polar surface area (TPSA) is 52.6 Å². The van der Waals surface area contributed by atoms with E-state index in [-0.39, 0.29) is 22.8 Å². The number of aliphatic hydroxyl groups excluding tert-OH is 1. The van der Waals surface area contributed by atoms with Crippen LogP contribution in [0.1, 0.15) is 40.5 Å². The smallest absolute Gasteiger partial charge is 0.321 e. The van der Waals surface area contributed by atoms with E-state index in [0.29, 0.717) is 6.54 Å². The van der Waals surface area contributed by atoms with Crippen molar-refractivity contribution in [3.63, 3.8) is 0 Å². The number of thioether (sulfide) groups is 1. The SMILES string of the molecule is C[C@@H](O)[C@H]1CCCN(C(=O)Nc2ccc(SC(C)(C)C)cc2)C1. The fourth-order valence-corrected chi connectivity index (χ4v) is 3.73. The molecule has 0 radical (unpaired) electrons. The lowest BCUT2D eigenvalue weighted by Gasteiger charge is -2.34. The number of benzene rings is 1. The number of carbonyl (C=O) groups excluding carboxylic acids is 1. The average Bonchev–Trinajstić information content (AvgIpc) is 2.48. The van der Waals surface area contributed by atoms with Gasteiger partial charge in [0.05, 0.1) is 6.10 Å². The molecular formula is C18H28N2O2S. The van der Waals surface area contributed by atoms with Gasteiger partial charge in [0.2, 0.25) is 0 Å². The van der Waals surface area contributed by atoms with Crippen molar-refractivity contribution in [3.8, 4) is 0 Å². The highest BCUT2D eigenvalue weighted by Crippen LogP contribution is 2.32. The van der Waals surface area contributed by atoms with E-state index in [2.05, 4.69) is 26.1 Å². The highest BCUT2D eigenvalue weighted by Gasteiger charge is 2.26. The molecule has 2 atom stereocenters. The molecule has 1 aliphatic heterocycles. The number of nitrogens with zero attached hydrogens (tertiary/aromatic N) is 1. The monoisotopic (exact) mass is 336 g/mol. The first-order valence-corrected chi connectivity index (χ1v) is 9.09. The zero-order valence-corrected chi connectivity index (χ0v) is 15.3. The van der Waals surface area contributed by atoms with Crippen molar-refractivity contribution in [2.75, 3.05) is 18.4 Å². The fourth-order valence-electron chi connectivity index (χ4n) is 2.75. The number of hydrogen-bond acceptors (Lipinski definition) is 3. The Morgan fingerprint density at radius 2 is 2.00 bits per heavy atom. The number of anilines is 1. The number of amides is 2. The van der Waals surface area contributed by atoms with Gasteiger partial charge >= 0.3 is 6.03 Å². The number of rotatable bonds is 3. The number of aliphatic hydroxyl groups is 1. The molecule has 0 unspecified atom stereocenters. The van der Waals surface area contributed by atoms with Crippen LogP contribution in [-0.4, -0.2) is 40.0 Å². The Hall–Kier alpha value is -1.20. The van der Waals surface area contributed by atoms with Crippen LogP contribution in [0.5, 0.6) is 0 Å². The van der Waals surface area contributed by atoms with Crippen molar-refractivity contribution < 1.29 is 9.90 Å². The first kappa shape index (κ1) is 18.1. The standard InChI is InChI=1S/C18H28N2O2S/c1-13(21)14-6-5-11-20(12-14)17(22)19-15-7-9-16(10-8-15)23-18(2,3)4/h7-10,13-14,21H,5-6,11-12H2,1-4H3,(H,19,22)/t13-,14+/m1/s1. The predicted octanol–water partition coefficient (Wildman–Crippen LogP) is 4.20. The number of nitrogens with one attached hydrogen (secondary N) is 1. The van der Waals surface area contributed by atoms with Gasteiger partial charge < -0.3 is 15.3 Å². The molecule has 1 heterocycles. The fraction of sp³-hybridized carbons (Fsp3) is 0.611. The molecule has 23 heavy (non-hydrogen) atoms. The second-order valence-corrected chi connectivity index (χ2v) is 9.16. The van der Waals surface area contributed by atoms with E-state index >= 15 is 0 Å². The molecule has 1 aliphatic rings. The van der Waals surface area contributed by atoms with Crippen molar-refractivity contribution >= 4 is 23.5 Å².